The lowest BCUT2D eigenvalue weighted by Gasteiger charge is -2.11. The van der Waals surface area contributed by atoms with Crippen LogP contribution in [0.1, 0.15) is 23.7 Å². The van der Waals surface area contributed by atoms with Gasteiger partial charge in [-0.3, -0.25) is 0 Å². The molecule has 1 nitrogen and oxygen atoms in total. The molecule has 2 rings (SSSR count). The van der Waals surface area contributed by atoms with E-state index in [1.807, 2.05) is 16.8 Å². The van der Waals surface area contributed by atoms with E-state index in [-0.39, 0.29) is 5.56 Å². The molecule has 4 heteroatoms. The van der Waals surface area contributed by atoms with E-state index >= 15 is 0 Å². The Morgan fingerprint density at radius 2 is 2.18 bits per heavy atom. The summed E-state index contributed by atoms with van der Waals surface area (Å²) in [6, 6.07) is 6.25. The van der Waals surface area contributed by atoms with Gasteiger partial charge in [0.1, 0.15) is 5.82 Å². The lowest BCUT2D eigenvalue weighted by Crippen LogP contribution is -2.02. The first-order chi connectivity index (χ1) is 8.16. The van der Waals surface area contributed by atoms with Gasteiger partial charge in [-0.2, -0.15) is 11.3 Å². The fraction of sp³-hybridized carbons (Fsp3) is 0.231. The van der Waals surface area contributed by atoms with Crippen molar-refractivity contribution in [1.29, 1.82) is 0 Å². The third-order valence-electron chi connectivity index (χ3n) is 2.60. The number of hydrogen-bond donors (Lipinski definition) is 1. The Balaban J connectivity index is 2.04. The molecule has 0 aliphatic heterocycles. The molecule has 90 valence electrons. The van der Waals surface area contributed by atoms with Gasteiger partial charge < -0.3 is 5.11 Å². The summed E-state index contributed by atoms with van der Waals surface area (Å²) in [5, 5.41) is 14.4. The normalized spacial score (nSPS) is 12.6. The first-order valence-corrected chi connectivity index (χ1v) is 6.63. The second-order valence-corrected chi connectivity index (χ2v) is 5.07. The van der Waals surface area contributed by atoms with Crippen molar-refractivity contribution in [1.82, 2.24) is 0 Å². The molecule has 0 aliphatic carbocycles. The van der Waals surface area contributed by atoms with E-state index in [9.17, 15) is 9.50 Å². The van der Waals surface area contributed by atoms with Crippen molar-refractivity contribution in [3.05, 3.63) is 57.0 Å². The van der Waals surface area contributed by atoms with Gasteiger partial charge in [-0.15, -0.1) is 0 Å². The predicted octanol–water partition coefficient (Wildman–Crippen LogP) is 4.21. The van der Waals surface area contributed by atoms with Gasteiger partial charge in [0, 0.05) is 10.6 Å². The summed E-state index contributed by atoms with van der Waals surface area (Å²) in [6.45, 7) is 0. The van der Waals surface area contributed by atoms with Gasteiger partial charge in [-0.25, -0.2) is 4.39 Å². The number of thiophene rings is 1. The fourth-order valence-electron chi connectivity index (χ4n) is 1.66. The molecule has 0 amide bonds. The highest BCUT2D eigenvalue weighted by Gasteiger charge is 2.13. The molecule has 0 saturated heterocycles. The molecule has 0 bridgehead atoms. The van der Waals surface area contributed by atoms with E-state index in [1.54, 1.807) is 11.3 Å². The van der Waals surface area contributed by atoms with Crippen LogP contribution in [0.25, 0.3) is 0 Å². The number of rotatable bonds is 4. The van der Waals surface area contributed by atoms with E-state index in [4.69, 9.17) is 11.6 Å². The number of benzene rings is 1. The summed E-state index contributed by atoms with van der Waals surface area (Å²) < 4.78 is 13.5. The largest absolute Gasteiger partial charge is 0.388 e. The van der Waals surface area contributed by atoms with Gasteiger partial charge in [-0.1, -0.05) is 11.6 Å². The van der Waals surface area contributed by atoms with Gasteiger partial charge in [0.2, 0.25) is 0 Å². The van der Waals surface area contributed by atoms with Crippen molar-refractivity contribution in [3.63, 3.8) is 0 Å². The van der Waals surface area contributed by atoms with Gasteiger partial charge in [0.15, 0.2) is 0 Å². The minimum Gasteiger partial charge on any atom is -0.388 e. The summed E-state index contributed by atoms with van der Waals surface area (Å²) in [4.78, 5) is 0. The average Bonchev–Trinajstić information content (AvgIpc) is 2.82. The first-order valence-electron chi connectivity index (χ1n) is 5.31. The van der Waals surface area contributed by atoms with E-state index in [2.05, 4.69) is 0 Å². The minimum atomic E-state index is -0.811. The minimum absolute atomic E-state index is 0.271. The quantitative estimate of drug-likeness (QED) is 0.882. The van der Waals surface area contributed by atoms with Crippen molar-refractivity contribution < 1.29 is 9.50 Å². The molecular weight excluding hydrogens is 259 g/mol. The summed E-state index contributed by atoms with van der Waals surface area (Å²) in [6.07, 6.45) is 0.415. The Bertz CT molecular complexity index is 484. The van der Waals surface area contributed by atoms with Crippen LogP contribution in [-0.2, 0) is 6.42 Å². The number of halogens is 2. The smallest absolute Gasteiger partial charge is 0.129 e. The third kappa shape index (κ3) is 3.28. The second-order valence-electron chi connectivity index (χ2n) is 3.85. The average molecular weight is 271 g/mol. The van der Waals surface area contributed by atoms with E-state index in [0.717, 1.165) is 12.0 Å². The monoisotopic (exact) mass is 270 g/mol. The summed E-state index contributed by atoms with van der Waals surface area (Å²) in [5.41, 5.74) is 1.43. The summed E-state index contributed by atoms with van der Waals surface area (Å²) in [5.74, 6) is -0.410. The predicted molar refractivity (Wildman–Crippen MR) is 69.0 cm³/mol. The maximum atomic E-state index is 13.5. The topological polar surface area (TPSA) is 20.2 Å². The van der Waals surface area contributed by atoms with Gasteiger partial charge >= 0.3 is 0 Å². The highest BCUT2D eigenvalue weighted by molar-refractivity contribution is 7.07. The van der Waals surface area contributed by atoms with E-state index < -0.39 is 11.9 Å². The number of aliphatic hydroxyl groups is 1. The van der Waals surface area contributed by atoms with Crippen LogP contribution in [0.5, 0.6) is 0 Å². The second kappa shape index (κ2) is 5.63. The molecule has 0 radical (unpaired) electrons. The number of aliphatic hydroxyl groups excluding tert-OH is 1. The Labute approximate surface area is 108 Å². The lowest BCUT2D eigenvalue weighted by atomic mass is 10.0. The number of aryl methyl sites for hydroxylation is 1. The van der Waals surface area contributed by atoms with Crippen LogP contribution in [0, 0.1) is 5.82 Å². The summed E-state index contributed by atoms with van der Waals surface area (Å²) in [7, 11) is 0. The maximum absolute atomic E-state index is 13.5. The van der Waals surface area contributed by atoms with Crippen LogP contribution in [0.3, 0.4) is 0 Å². The molecule has 0 saturated carbocycles. The van der Waals surface area contributed by atoms with Crippen LogP contribution in [0.4, 0.5) is 4.39 Å². The molecule has 1 N–H and O–H groups in total. The third-order valence-corrected chi connectivity index (χ3v) is 3.57. The van der Waals surface area contributed by atoms with Gasteiger partial charge in [0.25, 0.3) is 0 Å². The maximum Gasteiger partial charge on any atom is 0.129 e. The summed E-state index contributed by atoms with van der Waals surface area (Å²) >= 11 is 7.40. The van der Waals surface area contributed by atoms with Crippen molar-refractivity contribution in [3.8, 4) is 0 Å². The Morgan fingerprint density at radius 3 is 2.88 bits per heavy atom. The molecule has 1 unspecified atom stereocenters. The molecule has 17 heavy (non-hydrogen) atoms. The zero-order valence-corrected chi connectivity index (χ0v) is 10.6. The lowest BCUT2D eigenvalue weighted by molar-refractivity contribution is 0.163. The first kappa shape index (κ1) is 12.6. The van der Waals surface area contributed by atoms with Crippen molar-refractivity contribution in [2.45, 2.75) is 18.9 Å². The highest BCUT2D eigenvalue weighted by atomic mass is 35.5. The van der Waals surface area contributed by atoms with Crippen molar-refractivity contribution >= 4 is 22.9 Å². The van der Waals surface area contributed by atoms with Crippen LogP contribution in [-0.4, -0.2) is 5.11 Å². The molecule has 1 heterocycles. The fourth-order valence-corrected chi connectivity index (χ4v) is 2.55. The van der Waals surface area contributed by atoms with Crippen LogP contribution in [0.15, 0.2) is 35.0 Å². The standard InChI is InChI=1S/C13H12ClFOS/c14-10-2-3-12(15)11(7-10)13(16)4-1-9-5-6-17-8-9/h2-3,5-8,13,16H,1,4H2. The van der Waals surface area contributed by atoms with Crippen molar-refractivity contribution in [2.75, 3.05) is 0 Å². The highest BCUT2D eigenvalue weighted by Crippen LogP contribution is 2.25. The molecule has 1 aromatic carbocycles. The van der Waals surface area contributed by atoms with Crippen LogP contribution >= 0.6 is 22.9 Å². The molecular formula is C13H12ClFOS. The number of hydrogen-bond acceptors (Lipinski definition) is 2. The molecule has 2 aromatic rings. The zero-order chi connectivity index (χ0) is 12.3. The van der Waals surface area contributed by atoms with Crippen LogP contribution in [0.2, 0.25) is 5.02 Å². The molecule has 0 aliphatic rings. The molecule has 0 fully saturated rings. The molecule has 1 aromatic heterocycles. The van der Waals surface area contributed by atoms with Crippen molar-refractivity contribution in [2.24, 2.45) is 0 Å². The zero-order valence-electron chi connectivity index (χ0n) is 9.07. The molecule has 1 atom stereocenters. The Hall–Kier alpha value is -0.900. The SMILES string of the molecule is OC(CCc1ccsc1)c1cc(Cl)ccc1F. The van der Waals surface area contributed by atoms with Crippen LogP contribution < -0.4 is 0 Å². The van der Waals surface area contributed by atoms with Gasteiger partial charge in [0.05, 0.1) is 6.10 Å². The Kier molecular flexibility index (Phi) is 4.15. The molecule has 0 spiro atoms. The van der Waals surface area contributed by atoms with E-state index in [0.29, 0.717) is 11.4 Å². The van der Waals surface area contributed by atoms with E-state index in [1.165, 1.54) is 18.2 Å². The Morgan fingerprint density at radius 1 is 1.35 bits per heavy atom. The van der Waals surface area contributed by atoms with Gasteiger partial charge in [-0.05, 0) is 53.4 Å².